The number of unbranched alkanes of at least 4 members (excludes halogenated alkanes) is 2. The number of anilines is 2. The van der Waals surface area contributed by atoms with Crippen molar-refractivity contribution in [2.24, 2.45) is 0 Å². The zero-order valence-electron chi connectivity index (χ0n) is 17.1. The second-order valence-electron chi connectivity index (χ2n) is 6.86. The molecule has 0 spiro atoms. The van der Waals surface area contributed by atoms with Crippen molar-refractivity contribution in [1.82, 2.24) is 0 Å². The van der Waals surface area contributed by atoms with E-state index >= 15 is 0 Å². The van der Waals surface area contributed by atoms with Gasteiger partial charge in [-0.1, -0.05) is 63.1 Å². The molecule has 0 atom stereocenters. The lowest BCUT2D eigenvalue weighted by atomic mass is 10.3. The van der Waals surface area contributed by atoms with E-state index in [0.29, 0.717) is 24.2 Å². The molecule has 0 amide bonds. The first-order valence-corrected chi connectivity index (χ1v) is 13.1. The van der Waals surface area contributed by atoms with Crippen LogP contribution in [0.25, 0.3) is 0 Å². The van der Waals surface area contributed by atoms with Crippen molar-refractivity contribution < 1.29 is 16.8 Å². The van der Waals surface area contributed by atoms with Gasteiger partial charge in [-0.3, -0.25) is 8.61 Å². The molecule has 2 aromatic rings. The Labute approximate surface area is 175 Å². The lowest BCUT2D eigenvalue weighted by Crippen LogP contribution is -2.42. The van der Waals surface area contributed by atoms with Gasteiger partial charge in [0.15, 0.2) is 5.08 Å². The molecule has 0 fully saturated rings. The van der Waals surface area contributed by atoms with Gasteiger partial charge in [0.1, 0.15) is 0 Å². The molecule has 6 nitrogen and oxygen atoms in total. The summed E-state index contributed by atoms with van der Waals surface area (Å²) in [5.41, 5.74) is 0.965. The topological polar surface area (TPSA) is 74.8 Å². The smallest absolute Gasteiger partial charge is 0.251 e. The van der Waals surface area contributed by atoms with Crippen molar-refractivity contribution in [2.45, 2.75) is 39.5 Å². The summed E-state index contributed by atoms with van der Waals surface area (Å²) in [5, 5.41) is -0.961. The molecule has 0 unspecified atom stereocenters. The Balaban J connectivity index is 2.37. The Morgan fingerprint density at radius 1 is 0.621 bits per heavy atom. The molecule has 0 saturated heterocycles. The summed E-state index contributed by atoms with van der Waals surface area (Å²) < 4.78 is 55.2. The number of benzene rings is 2. The molecule has 0 saturated carbocycles. The fourth-order valence-corrected chi connectivity index (χ4v) is 7.19. The molecule has 160 valence electrons. The van der Waals surface area contributed by atoms with Gasteiger partial charge in [0, 0.05) is 13.1 Å². The number of sulfonamides is 2. The van der Waals surface area contributed by atoms with E-state index in [1.165, 1.54) is 8.61 Å². The van der Waals surface area contributed by atoms with E-state index in [1.807, 2.05) is 13.8 Å². The Hall–Kier alpha value is -2.06. The van der Waals surface area contributed by atoms with Gasteiger partial charge in [0.2, 0.25) is 0 Å². The molecule has 2 rings (SSSR count). The average molecular weight is 439 g/mol. The number of para-hydroxylation sites is 2. The average Bonchev–Trinajstić information content (AvgIpc) is 2.69. The Bertz CT molecular complexity index is 867. The maximum atomic E-state index is 13.2. The summed E-state index contributed by atoms with van der Waals surface area (Å²) in [6, 6.07) is 17.3. The maximum Gasteiger partial charge on any atom is 0.251 e. The van der Waals surface area contributed by atoms with Crippen molar-refractivity contribution in [2.75, 3.05) is 26.8 Å². The van der Waals surface area contributed by atoms with Crippen molar-refractivity contribution in [1.29, 1.82) is 0 Å². The van der Waals surface area contributed by atoms with E-state index < -0.39 is 25.1 Å². The zero-order valence-corrected chi connectivity index (χ0v) is 18.7. The predicted molar refractivity (Wildman–Crippen MR) is 120 cm³/mol. The van der Waals surface area contributed by atoms with Gasteiger partial charge in [-0.15, -0.1) is 0 Å². The van der Waals surface area contributed by atoms with Gasteiger partial charge < -0.3 is 0 Å². The van der Waals surface area contributed by atoms with Crippen LogP contribution in [0.15, 0.2) is 60.7 Å². The van der Waals surface area contributed by atoms with Crippen LogP contribution >= 0.6 is 0 Å². The highest BCUT2D eigenvalue weighted by Crippen LogP contribution is 2.24. The number of rotatable bonds is 12. The van der Waals surface area contributed by atoms with Crippen molar-refractivity contribution in [3.63, 3.8) is 0 Å². The van der Waals surface area contributed by atoms with Crippen molar-refractivity contribution >= 4 is 31.4 Å². The van der Waals surface area contributed by atoms with Crippen LogP contribution < -0.4 is 8.61 Å². The third-order valence-electron chi connectivity index (χ3n) is 4.49. The molecule has 0 aliphatic rings. The molecule has 8 heteroatoms. The molecule has 29 heavy (non-hydrogen) atoms. The van der Waals surface area contributed by atoms with Crippen molar-refractivity contribution in [3.8, 4) is 0 Å². The highest BCUT2D eigenvalue weighted by Gasteiger charge is 2.33. The summed E-state index contributed by atoms with van der Waals surface area (Å²) in [7, 11) is -8.16. The van der Waals surface area contributed by atoms with Crippen LogP contribution in [0.1, 0.15) is 39.5 Å². The Morgan fingerprint density at radius 2 is 0.966 bits per heavy atom. The highest BCUT2D eigenvalue weighted by molar-refractivity contribution is 8.09. The van der Waals surface area contributed by atoms with Crippen molar-refractivity contribution in [3.05, 3.63) is 60.7 Å². The number of nitrogens with zero attached hydrogens (tertiary/aromatic N) is 2. The van der Waals surface area contributed by atoms with E-state index in [2.05, 4.69) is 0 Å². The first-order valence-electron chi connectivity index (χ1n) is 9.92. The third-order valence-corrected chi connectivity index (χ3v) is 9.00. The van der Waals surface area contributed by atoms with Crippen LogP contribution in [0.3, 0.4) is 0 Å². The number of hydrogen-bond acceptors (Lipinski definition) is 4. The van der Waals surface area contributed by atoms with E-state index in [-0.39, 0.29) is 13.1 Å². The molecule has 0 aliphatic heterocycles. The van der Waals surface area contributed by atoms with Gasteiger partial charge in [-0.2, -0.15) is 0 Å². The van der Waals surface area contributed by atoms with Crippen LogP contribution in [0.4, 0.5) is 11.4 Å². The SMILES string of the molecule is CCCCN(c1ccccc1)S(=O)(=O)CS(=O)(=O)N(CCCC)c1ccccc1. The summed E-state index contributed by atoms with van der Waals surface area (Å²) in [6.45, 7) is 4.43. The van der Waals surface area contributed by atoms with Crippen LogP contribution in [0.2, 0.25) is 0 Å². The minimum absolute atomic E-state index is 0.249. The van der Waals surface area contributed by atoms with Gasteiger partial charge in [-0.05, 0) is 37.1 Å². The van der Waals surface area contributed by atoms with E-state index in [0.717, 1.165) is 12.8 Å². The minimum atomic E-state index is -4.08. The van der Waals surface area contributed by atoms with Gasteiger partial charge >= 0.3 is 0 Å². The highest BCUT2D eigenvalue weighted by atomic mass is 32.3. The molecule has 0 aromatic heterocycles. The zero-order chi connectivity index (χ0) is 21.3. The van der Waals surface area contributed by atoms with Crippen LogP contribution in [0.5, 0.6) is 0 Å². The predicted octanol–water partition coefficient (Wildman–Crippen LogP) is 4.22. The largest absolute Gasteiger partial charge is 0.269 e. The molecular formula is C21H30N2O4S2. The molecule has 0 heterocycles. The third kappa shape index (κ3) is 6.47. The van der Waals surface area contributed by atoms with Crippen LogP contribution in [0, 0.1) is 0 Å². The molecule has 0 bridgehead atoms. The second kappa shape index (κ2) is 10.6. The Morgan fingerprint density at radius 3 is 1.28 bits per heavy atom. The standard InChI is InChI=1S/C21H30N2O4S2/c1-3-5-17-22(20-13-9-7-10-14-20)28(24,25)19-29(26,27)23(18-6-4-2)21-15-11-8-12-16-21/h7-16H,3-6,17-19H2,1-2H3. The van der Waals surface area contributed by atoms with Crippen LogP contribution in [-0.2, 0) is 20.0 Å². The molecular weight excluding hydrogens is 408 g/mol. The van der Waals surface area contributed by atoms with Crippen LogP contribution in [-0.4, -0.2) is 35.0 Å². The minimum Gasteiger partial charge on any atom is -0.269 e. The van der Waals surface area contributed by atoms with Gasteiger partial charge in [0.05, 0.1) is 11.4 Å². The first kappa shape index (κ1) is 23.2. The molecule has 0 aliphatic carbocycles. The van der Waals surface area contributed by atoms with Gasteiger partial charge in [0.25, 0.3) is 20.0 Å². The second-order valence-corrected chi connectivity index (χ2v) is 11.0. The summed E-state index contributed by atoms with van der Waals surface area (Å²) in [5.74, 6) is 0. The molecule has 0 radical (unpaired) electrons. The van der Waals surface area contributed by atoms with Gasteiger partial charge in [-0.25, -0.2) is 16.8 Å². The van der Waals surface area contributed by atoms with E-state index in [9.17, 15) is 16.8 Å². The van der Waals surface area contributed by atoms with E-state index in [4.69, 9.17) is 0 Å². The van der Waals surface area contributed by atoms with E-state index in [1.54, 1.807) is 60.7 Å². The fourth-order valence-electron chi connectivity index (χ4n) is 2.96. The fraction of sp³-hybridized carbons (Fsp3) is 0.429. The monoisotopic (exact) mass is 438 g/mol. The Kier molecular flexibility index (Phi) is 8.52. The maximum absolute atomic E-state index is 13.2. The lowest BCUT2D eigenvalue weighted by Gasteiger charge is -2.28. The normalized spacial score (nSPS) is 11.9. The summed E-state index contributed by atoms with van der Waals surface area (Å²) in [6.07, 6.45) is 2.90. The number of hydrogen-bond donors (Lipinski definition) is 0. The lowest BCUT2D eigenvalue weighted by molar-refractivity contribution is 0.581. The summed E-state index contributed by atoms with van der Waals surface area (Å²) >= 11 is 0. The molecule has 0 N–H and O–H groups in total. The summed E-state index contributed by atoms with van der Waals surface area (Å²) in [4.78, 5) is 0. The first-order chi connectivity index (χ1) is 13.8. The molecule has 2 aromatic carbocycles. The quantitative estimate of drug-likeness (QED) is 0.497.